The number of nitrogen functional groups attached to an aromatic ring is 1. The molecule has 0 spiro atoms. The van der Waals surface area contributed by atoms with Gasteiger partial charge in [0, 0.05) is 5.39 Å². The van der Waals surface area contributed by atoms with Crippen molar-refractivity contribution in [1.82, 2.24) is 4.98 Å². The first-order valence-electron chi connectivity index (χ1n) is 5.40. The van der Waals surface area contributed by atoms with Crippen LogP contribution in [0, 0.1) is 5.82 Å². The second-order valence-corrected chi connectivity index (χ2v) is 5.06. The number of benzene rings is 1. The fourth-order valence-electron chi connectivity index (χ4n) is 1.79. The lowest BCUT2D eigenvalue weighted by Crippen LogP contribution is -2.12. The summed E-state index contributed by atoms with van der Waals surface area (Å²) in [5.74, 6) is 5.53. The van der Waals surface area contributed by atoms with Gasteiger partial charge in [-0.25, -0.2) is 15.2 Å². The van der Waals surface area contributed by atoms with E-state index in [1.54, 1.807) is 6.07 Å². The van der Waals surface area contributed by atoms with Gasteiger partial charge in [0.05, 0.1) is 15.6 Å². The van der Waals surface area contributed by atoms with E-state index < -0.39 is 5.82 Å². The van der Waals surface area contributed by atoms with Gasteiger partial charge >= 0.3 is 0 Å². The van der Waals surface area contributed by atoms with Gasteiger partial charge < -0.3 is 5.43 Å². The summed E-state index contributed by atoms with van der Waals surface area (Å²) in [4.78, 5) is 4.31. The Bertz CT molecular complexity index is 614. The Hall–Kier alpha value is -1.10. The van der Waals surface area contributed by atoms with Crippen LogP contribution >= 0.6 is 23.2 Å². The molecule has 1 aromatic heterocycles. The summed E-state index contributed by atoms with van der Waals surface area (Å²) in [6, 6.07) is 3.22. The molecule has 0 aliphatic carbocycles. The number of nitrogens with one attached hydrogen (secondary N) is 1. The van der Waals surface area contributed by atoms with Gasteiger partial charge in [0.15, 0.2) is 5.82 Å². The first-order valence-corrected chi connectivity index (χ1v) is 6.16. The standard InChI is InChI=1S/C12H12Cl2FN3/c1-5(2)6-3-7-9(17-12(6)18-16)4-8(13)11(15)10(7)14/h3-5H,16H2,1-2H3,(H,17,18). The number of nitrogens with zero attached hydrogens (tertiary/aromatic N) is 1. The number of halogens is 3. The molecule has 0 unspecified atom stereocenters. The summed E-state index contributed by atoms with van der Waals surface area (Å²) in [5, 5.41) is 0.456. The van der Waals surface area contributed by atoms with Crippen molar-refractivity contribution in [3.8, 4) is 0 Å². The highest BCUT2D eigenvalue weighted by molar-refractivity contribution is 6.38. The second kappa shape index (κ2) is 4.88. The fourth-order valence-corrected chi connectivity index (χ4v) is 2.29. The van der Waals surface area contributed by atoms with Crippen LogP contribution in [0.4, 0.5) is 10.2 Å². The molecule has 0 atom stereocenters. The van der Waals surface area contributed by atoms with E-state index in [1.165, 1.54) is 6.07 Å². The monoisotopic (exact) mass is 287 g/mol. The largest absolute Gasteiger partial charge is 0.308 e. The van der Waals surface area contributed by atoms with Crippen molar-refractivity contribution in [3.63, 3.8) is 0 Å². The van der Waals surface area contributed by atoms with Crippen LogP contribution in [-0.2, 0) is 0 Å². The molecular weight excluding hydrogens is 276 g/mol. The predicted molar refractivity (Wildman–Crippen MR) is 73.6 cm³/mol. The quantitative estimate of drug-likeness (QED) is 0.497. The van der Waals surface area contributed by atoms with Crippen LogP contribution < -0.4 is 11.3 Å². The summed E-state index contributed by atoms with van der Waals surface area (Å²) >= 11 is 11.7. The van der Waals surface area contributed by atoms with Crippen LogP contribution in [-0.4, -0.2) is 4.98 Å². The number of aromatic nitrogens is 1. The number of hydrogen-bond acceptors (Lipinski definition) is 3. The first-order chi connectivity index (χ1) is 8.45. The van der Waals surface area contributed by atoms with Crippen molar-refractivity contribution in [2.75, 3.05) is 5.43 Å². The first kappa shape index (κ1) is 13.3. The van der Waals surface area contributed by atoms with E-state index in [0.29, 0.717) is 16.7 Å². The van der Waals surface area contributed by atoms with E-state index in [1.807, 2.05) is 13.8 Å². The van der Waals surface area contributed by atoms with Gasteiger partial charge in [-0.05, 0) is 23.6 Å². The van der Waals surface area contributed by atoms with Gasteiger partial charge in [0.2, 0.25) is 0 Å². The molecular formula is C12H12Cl2FN3. The SMILES string of the molecule is CC(C)c1cc2c(Cl)c(F)c(Cl)cc2nc1NN. The Kier molecular flexibility index (Phi) is 3.61. The van der Waals surface area contributed by atoms with Crippen molar-refractivity contribution in [2.45, 2.75) is 19.8 Å². The van der Waals surface area contributed by atoms with Crippen molar-refractivity contribution in [3.05, 3.63) is 33.6 Å². The average molecular weight is 288 g/mol. The Labute approximate surface area is 114 Å². The maximum absolute atomic E-state index is 13.6. The lowest BCUT2D eigenvalue weighted by atomic mass is 10.0. The highest BCUT2D eigenvalue weighted by Crippen LogP contribution is 2.34. The lowest BCUT2D eigenvalue weighted by Gasteiger charge is -2.13. The zero-order valence-corrected chi connectivity index (χ0v) is 11.4. The summed E-state index contributed by atoms with van der Waals surface area (Å²) in [7, 11) is 0. The Morgan fingerprint density at radius 2 is 2.00 bits per heavy atom. The van der Waals surface area contributed by atoms with E-state index in [2.05, 4.69) is 10.4 Å². The molecule has 1 aromatic carbocycles. The molecule has 0 saturated carbocycles. The average Bonchev–Trinajstić information content (AvgIpc) is 2.34. The van der Waals surface area contributed by atoms with E-state index in [0.717, 1.165) is 5.56 Å². The minimum Gasteiger partial charge on any atom is -0.308 e. The molecule has 96 valence electrons. The number of pyridine rings is 1. The molecule has 0 amide bonds. The van der Waals surface area contributed by atoms with E-state index in [4.69, 9.17) is 29.0 Å². The van der Waals surface area contributed by atoms with Gasteiger partial charge in [-0.3, -0.25) is 0 Å². The third-order valence-electron chi connectivity index (χ3n) is 2.74. The molecule has 2 rings (SSSR count). The third kappa shape index (κ3) is 2.11. The van der Waals surface area contributed by atoms with Crippen molar-refractivity contribution < 1.29 is 4.39 Å². The van der Waals surface area contributed by atoms with Crippen molar-refractivity contribution in [1.29, 1.82) is 0 Å². The summed E-state index contributed by atoms with van der Waals surface area (Å²) in [6.07, 6.45) is 0. The summed E-state index contributed by atoms with van der Waals surface area (Å²) in [6.45, 7) is 3.98. The smallest absolute Gasteiger partial charge is 0.161 e. The summed E-state index contributed by atoms with van der Waals surface area (Å²) < 4.78 is 13.6. The van der Waals surface area contributed by atoms with E-state index >= 15 is 0 Å². The highest BCUT2D eigenvalue weighted by Gasteiger charge is 2.15. The van der Waals surface area contributed by atoms with Crippen LogP contribution in [0.1, 0.15) is 25.3 Å². The summed E-state index contributed by atoms with van der Waals surface area (Å²) in [5.41, 5.74) is 3.90. The second-order valence-electron chi connectivity index (χ2n) is 4.28. The van der Waals surface area contributed by atoms with Gasteiger partial charge in [0.25, 0.3) is 0 Å². The van der Waals surface area contributed by atoms with Crippen LogP contribution in [0.3, 0.4) is 0 Å². The Balaban J connectivity index is 2.84. The number of hydrazine groups is 1. The molecule has 3 N–H and O–H groups in total. The van der Waals surface area contributed by atoms with Crippen LogP contribution in [0.15, 0.2) is 12.1 Å². The molecule has 0 aliphatic heterocycles. The number of anilines is 1. The van der Waals surface area contributed by atoms with Gasteiger partial charge in [-0.15, -0.1) is 0 Å². The molecule has 0 saturated heterocycles. The Morgan fingerprint density at radius 1 is 1.33 bits per heavy atom. The number of fused-ring (bicyclic) bond motifs is 1. The minimum absolute atomic E-state index is 0.0181. The molecule has 0 radical (unpaired) electrons. The van der Waals surface area contributed by atoms with Crippen LogP contribution in [0.25, 0.3) is 10.9 Å². The van der Waals surface area contributed by atoms with Gasteiger partial charge in [-0.1, -0.05) is 37.0 Å². The number of hydrogen-bond donors (Lipinski definition) is 2. The highest BCUT2D eigenvalue weighted by atomic mass is 35.5. The number of nitrogens with two attached hydrogens (primary N) is 1. The lowest BCUT2D eigenvalue weighted by molar-refractivity contribution is 0.630. The normalized spacial score (nSPS) is 11.3. The van der Waals surface area contributed by atoms with Gasteiger partial charge in [0.1, 0.15) is 5.82 Å². The molecule has 3 nitrogen and oxygen atoms in total. The molecule has 1 heterocycles. The minimum atomic E-state index is -0.629. The van der Waals surface area contributed by atoms with Crippen LogP contribution in [0.5, 0.6) is 0 Å². The van der Waals surface area contributed by atoms with E-state index in [9.17, 15) is 4.39 Å². The van der Waals surface area contributed by atoms with Crippen molar-refractivity contribution >= 4 is 39.9 Å². The van der Waals surface area contributed by atoms with Crippen LogP contribution in [0.2, 0.25) is 10.0 Å². The maximum atomic E-state index is 13.6. The van der Waals surface area contributed by atoms with Gasteiger partial charge in [-0.2, -0.15) is 0 Å². The molecule has 18 heavy (non-hydrogen) atoms. The molecule has 6 heteroatoms. The fraction of sp³-hybridized carbons (Fsp3) is 0.250. The van der Waals surface area contributed by atoms with Crippen molar-refractivity contribution in [2.24, 2.45) is 5.84 Å². The molecule has 0 fully saturated rings. The maximum Gasteiger partial charge on any atom is 0.161 e. The zero-order valence-electron chi connectivity index (χ0n) is 9.89. The Morgan fingerprint density at radius 3 is 2.56 bits per heavy atom. The zero-order chi connectivity index (χ0) is 13.4. The molecule has 2 aromatic rings. The van der Waals surface area contributed by atoms with E-state index in [-0.39, 0.29) is 16.0 Å². The number of rotatable bonds is 2. The molecule has 0 aliphatic rings. The third-order valence-corrected chi connectivity index (χ3v) is 3.39. The molecule has 0 bridgehead atoms. The topological polar surface area (TPSA) is 50.9 Å². The predicted octanol–water partition coefficient (Wildman–Crippen LogP) is 4.09.